The number of hydrogen-bond donors (Lipinski definition) is 2. The number of nitrogens with one attached hydrogen (secondary N) is 1. The van der Waals surface area contributed by atoms with Gasteiger partial charge in [0.05, 0.1) is 21.3 Å². The van der Waals surface area contributed by atoms with Gasteiger partial charge in [0.15, 0.2) is 17.1 Å². The Kier molecular flexibility index (Phi) is 8.59. The van der Waals surface area contributed by atoms with Crippen LogP contribution in [0.1, 0.15) is 33.1 Å². The van der Waals surface area contributed by atoms with Crippen LogP contribution in [0.4, 0.5) is 17.5 Å². The summed E-state index contributed by atoms with van der Waals surface area (Å²) in [5.74, 6) is 3.34. The number of fused-ring (bicyclic) bond motifs is 1. The summed E-state index contributed by atoms with van der Waals surface area (Å²) in [6, 6.07) is 7.81. The van der Waals surface area contributed by atoms with Crippen molar-refractivity contribution < 1.29 is 14.2 Å². The molecule has 3 rings (SSSR count). The summed E-state index contributed by atoms with van der Waals surface area (Å²) in [4.78, 5) is 12.1. The van der Waals surface area contributed by atoms with Gasteiger partial charge in [-0.3, -0.25) is 4.57 Å². The number of nitrogens with zero attached hydrogens (tertiary/aromatic N) is 4. The standard InChI is InChI=1S/C24H36N6O3/c1-6-12-29(13-7-2)21-10-9-18-23(28-21)30(14-8-11-25)24(27-18)26-17-15-19(31-3)22(33-5)20(16-17)32-4/h9-10,15-16H,6-8,11-14,25H2,1-5H3,(H,26,27). The number of imidazole rings is 1. The van der Waals surface area contributed by atoms with Crippen molar-refractivity contribution in [1.29, 1.82) is 0 Å². The van der Waals surface area contributed by atoms with E-state index in [1.807, 2.05) is 18.2 Å². The summed E-state index contributed by atoms with van der Waals surface area (Å²) in [5.41, 5.74) is 8.27. The molecule has 0 spiro atoms. The number of nitrogens with two attached hydrogens (primary N) is 1. The van der Waals surface area contributed by atoms with E-state index in [0.717, 1.165) is 55.0 Å². The van der Waals surface area contributed by atoms with Gasteiger partial charge in [0.1, 0.15) is 11.3 Å². The third-order valence-electron chi connectivity index (χ3n) is 5.40. The van der Waals surface area contributed by atoms with Gasteiger partial charge in [-0.1, -0.05) is 13.8 Å². The minimum Gasteiger partial charge on any atom is -0.493 e. The molecule has 33 heavy (non-hydrogen) atoms. The number of methoxy groups -OCH3 is 3. The van der Waals surface area contributed by atoms with Crippen molar-refractivity contribution in [2.45, 2.75) is 39.7 Å². The van der Waals surface area contributed by atoms with Crippen LogP contribution in [0.25, 0.3) is 11.2 Å². The third kappa shape index (κ3) is 5.42. The van der Waals surface area contributed by atoms with E-state index in [4.69, 9.17) is 29.9 Å². The van der Waals surface area contributed by atoms with E-state index in [1.165, 1.54) is 0 Å². The normalized spacial score (nSPS) is 11.0. The molecular weight excluding hydrogens is 420 g/mol. The lowest BCUT2D eigenvalue weighted by molar-refractivity contribution is 0.324. The number of ether oxygens (including phenoxy) is 3. The minimum atomic E-state index is 0.542. The molecule has 3 N–H and O–H groups in total. The van der Waals surface area contributed by atoms with Crippen LogP contribution in [-0.4, -0.2) is 55.5 Å². The first-order chi connectivity index (χ1) is 16.1. The number of aromatic nitrogens is 3. The molecule has 0 radical (unpaired) electrons. The maximum absolute atomic E-state index is 5.83. The molecule has 0 bridgehead atoms. The van der Waals surface area contributed by atoms with Gasteiger partial charge in [-0.05, 0) is 37.9 Å². The summed E-state index contributed by atoms with van der Waals surface area (Å²) in [6.07, 6.45) is 2.95. The Morgan fingerprint density at radius 2 is 1.64 bits per heavy atom. The van der Waals surface area contributed by atoms with Crippen molar-refractivity contribution in [2.24, 2.45) is 5.73 Å². The average molecular weight is 457 g/mol. The van der Waals surface area contributed by atoms with Crippen LogP contribution in [0.5, 0.6) is 17.2 Å². The molecule has 9 nitrogen and oxygen atoms in total. The Hall–Kier alpha value is -3.20. The fourth-order valence-electron chi connectivity index (χ4n) is 3.89. The van der Waals surface area contributed by atoms with Crippen LogP contribution in [0, 0.1) is 0 Å². The van der Waals surface area contributed by atoms with Crippen LogP contribution in [-0.2, 0) is 6.54 Å². The van der Waals surface area contributed by atoms with Gasteiger partial charge < -0.3 is 30.2 Å². The number of aryl methyl sites for hydroxylation is 1. The second-order valence-corrected chi connectivity index (χ2v) is 7.77. The number of benzene rings is 1. The lowest BCUT2D eigenvalue weighted by atomic mass is 10.2. The second-order valence-electron chi connectivity index (χ2n) is 7.77. The maximum Gasteiger partial charge on any atom is 0.209 e. The summed E-state index contributed by atoms with van der Waals surface area (Å²) < 4.78 is 18.5. The Morgan fingerprint density at radius 1 is 0.970 bits per heavy atom. The Bertz CT molecular complexity index is 1020. The van der Waals surface area contributed by atoms with Crippen molar-refractivity contribution in [3.8, 4) is 17.2 Å². The number of pyridine rings is 1. The predicted molar refractivity (Wildman–Crippen MR) is 133 cm³/mol. The van der Waals surface area contributed by atoms with Gasteiger partial charge in [0.2, 0.25) is 11.7 Å². The Morgan fingerprint density at radius 3 is 2.18 bits per heavy atom. The van der Waals surface area contributed by atoms with E-state index in [1.54, 1.807) is 21.3 Å². The smallest absolute Gasteiger partial charge is 0.209 e. The highest BCUT2D eigenvalue weighted by atomic mass is 16.5. The van der Waals surface area contributed by atoms with Gasteiger partial charge in [-0.2, -0.15) is 0 Å². The maximum atomic E-state index is 5.83. The Balaban J connectivity index is 2.05. The highest BCUT2D eigenvalue weighted by molar-refractivity contribution is 5.78. The monoisotopic (exact) mass is 456 g/mol. The van der Waals surface area contributed by atoms with Gasteiger partial charge in [0, 0.05) is 37.5 Å². The lowest BCUT2D eigenvalue weighted by Crippen LogP contribution is -2.25. The van der Waals surface area contributed by atoms with E-state index >= 15 is 0 Å². The van der Waals surface area contributed by atoms with E-state index < -0.39 is 0 Å². The summed E-state index contributed by atoms with van der Waals surface area (Å²) in [5, 5.41) is 3.41. The van der Waals surface area contributed by atoms with Crippen molar-refractivity contribution in [2.75, 3.05) is 51.2 Å². The summed E-state index contributed by atoms with van der Waals surface area (Å²) in [7, 11) is 4.78. The second kappa shape index (κ2) is 11.6. The first kappa shape index (κ1) is 24.4. The molecular formula is C24H36N6O3. The summed E-state index contributed by atoms with van der Waals surface area (Å²) >= 11 is 0. The molecule has 2 aromatic heterocycles. The minimum absolute atomic E-state index is 0.542. The van der Waals surface area contributed by atoms with Crippen molar-refractivity contribution in [3.05, 3.63) is 24.3 Å². The van der Waals surface area contributed by atoms with Crippen LogP contribution in [0.15, 0.2) is 24.3 Å². The van der Waals surface area contributed by atoms with Crippen LogP contribution < -0.4 is 30.2 Å². The van der Waals surface area contributed by atoms with Crippen molar-refractivity contribution in [3.63, 3.8) is 0 Å². The van der Waals surface area contributed by atoms with Crippen molar-refractivity contribution in [1.82, 2.24) is 14.5 Å². The van der Waals surface area contributed by atoms with Gasteiger partial charge in [-0.15, -0.1) is 0 Å². The molecule has 3 aromatic rings. The Labute approximate surface area is 195 Å². The van der Waals surface area contributed by atoms with E-state index in [-0.39, 0.29) is 0 Å². The molecule has 0 aliphatic carbocycles. The zero-order chi connectivity index (χ0) is 23.8. The number of anilines is 3. The highest BCUT2D eigenvalue weighted by Crippen LogP contribution is 2.40. The first-order valence-corrected chi connectivity index (χ1v) is 11.5. The SMILES string of the molecule is CCCN(CCC)c1ccc2nc(Nc3cc(OC)c(OC)c(OC)c3)n(CCCN)c2n1. The van der Waals surface area contributed by atoms with Crippen LogP contribution in [0.2, 0.25) is 0 Å². The molecule has 0 amide bonds. The van der Waals surface area contributed by atoms with E-state index in [0.29, 0.717) is 36.3 Å². The molecule has 0 saturated carbocycles. The molecule has 2 heterocycles. The topological polar surface area (TPSA) is 99.7 Å². The zero-order valence-corrected chi connectivity index (χ0v) is 20.4. The predicted octanol–water partition coefficient (Wildman–Crippen LogP) is 4.18. The molecule has 0 fully saturated rings. The van der Waals surface area contributed by atoms with Crippen molar-refractivity contribution >= 4 is 28.6 Å². The number of rotatable bonds is 13. The van der Waals surface area contributed by atoms with Gasteiger partial charge >= 0.3 is 0 Å². The van der Waals surface area contributed by atoms with Gasteiger partial charge in [-0.25, -0.2) is 9.97 Å². The fraction of sp³-hybridized carbons (Fsp3) is 0.500. The largest absolute Gasteiger partial charge is 0.493 e. The fourth-order valence-corrected chi connectivity index (χ4v) is 3.89. The summed E-state index contributed by atoms with van der Waals surface area (Å²) in [6.45, 7) is 7.61. The molecule has 0 aliphatic heterocycles. The third-order valence-corrected chi connectivity index (χ3v) is 5.40. The lowest BCUT2D eigenvalue weighted by Gasteiger charge is -2.22. The quantitative estimate of drug-likeness (QED) is 0.395. The number of hydrogen-bond acceptors (Lipinski definition) is 8. The zero-order valence-electron chi connectivity index (χ0n) is 20.4. The molecule has 180 valence electrons. The molecule has 0 atom stereocenters. The molecule has 0 unspecified atom stereocenters. The highest BCUT2D eigenvalue weighted by Gasteiger charge is 2.18. The van der Waals surface area contributed by atoms with Crippen LogP contribution >= 0.6 is 0 Å². The average Bonchev–Trinajstić information content (AvgIpc) is 3.17. The van der Waals surface area contributed by atoms with Gasteiger partial charge in [0.25, 0.3) is 0 Å². The van der Waals surface area contributed by atoms with E-state index in [2.05, 4.69) is 34.7 Å². The molecule has 1 aromatic carbocycles. The first-order valence-electron chi connectivity index (χ1n) is 11.5. The molecule has 0 saturated heterocycles. The van der Waals surface area contributed by atoms with E-state index in [9.17, 15) is 0 Å². The molecule has 0 aliphatic rings. The van der Waals surface area contributed by atoms with Crippen LogP contribution in [0.3, 0.4) is 0 Å². The molecule has 9 heteroatoms.